The second kappa shape index (κ2) is 6.05. The van der Waals surface area contributed by atoms with Crippen LogP contribution in [0, 0.1) is 5.82 Å². The molecule has 2 aromatic rings. The van der Waals surface area contributed by atoms with Crippen LogP contribution >= 0.6 is 0 Å². The number of carbonyl (C=O) groups is 1. The molecule has 0 fully saturated rings. The minimum absolute atomic E-state index is 0.152. The van der Waals surface area contributed by atoms with E-state index in [1.54, 1.807) is 6.07 Å². The number of halogens is 4. The van der Waals surface area contributed by atoms with Gasteiger partial charge in [0, 0.05) is 5.56 Å². The number of benzene rings is 2. The summed E-state index contributed by atoms with van der Waals surface area (Å²) in [6, 6.07) is 9.07. The first-order valence-corrected chi connectivity index (χ1v) is 6.18. The van der Waals surface area contributed by atoms with Gasteiger partial charge in [-0.25, -0.2) is 4.39 Å². The minimum Gasteiger partial charge on any atom is -0.406 e. The Morgan fingerprint density at radius 1 is 1.09 bits per heavy atom. The van der Waals surface area contributed by atoms with Crippen LogP contribution < -0.4 is 10.5 Å². The lowest BCUT2D eigenvalue weighted by molar-refractivity contribution is -0.274. The summed E-state index contributed by atoms with van der Waals surface area (Å²) < 4.78 is 54.4. The molecule has 0 aliphatic heterocycles. The van der Waals surface area contributed by atoms with Crippen LogP contribution in [0.5, 0.6) is 5.75 Å². The maximum absolute atomic E-state index is 13.8. The first kappa shape index (κ1) is 15.8. The van der Waals surface area contributed by atoms with E-state index in [0.29, 0.717) is 0 Å². The summed E-state index contributed by atoms with van der Waals surface area (Å²) in [5.74, 6) is -1.80. The van der Waals surface area contributed by atoms with Gasteiger partial charge in [-0.05, 0) is 29.3 Å². The van der Waals surface area contributed by atoms with Crippen LogP contribution in [-0.2, 0) is 11.2 Å². The molecule has 0 bridgehead atoms. The van der Waals surface area contributed by atoms with Crippen molar-refractivity contribution in [2.45, 2.75) is 12.8 Å². The molecule has 0 heterocycles. The van der Waals surface area contributed by atoms with Crippen molar-refractivity contribution in [1.82, 2.24) is 0 Å². The summed E-state index contributed by atoms with van der Waals surface area (Å²) in [6.07, 6.45) is -5.19. The van der Waals surface area contributed by atoms with Gasteiger partial charge in [0.15, 0.2) is 0 Å². The Labute approximate surface area is 123 Å². The number of ether oxygens (including phenoxy) is 1. The van der Waals surface area contributed by atoms with Gasteiger partial charge in [-0.1, -0.05) is 24.3 Å². The highest BCUT2D eigenvalue weighted by Crippen LogP contribution is 2.31. The molecule has 2 N–H and O–H groups in total. The van der Waals surface area contributed by atoms with E-state index in [-0.39, 0.29) is 23.1 Å². The van der Waals surface area contributed by atoms with Crippen LogP contribution in [0.15, 0.2) is 42.5 Å². The zero-order valence-electron chi connectivity index (χ0n) is 11.2. The maximum Gasteiger partial charge on any atom is 0.573 e. The third kappa shape index (κ3) is 3.97. The average Bonchev–Trinajstić information content (AvgIpc) is 2.37. The molecule has 22 heavy (non-hydrogen) atoms. The van der Waals surface area contributed by atoms with Gasteiger partial charge in [0.1, 0.15) is 11.6 Å². The standard InChI is InChI=1S/C15H11F4NO2/c16-13-4-2-1-3-12(13)11-6-5-10(22-15(17,18)19)7-9(11)8-14(20)21/h1-7H,8H2,(H2,20,21). The number of carbonyl (C=O) groups excluding carboxylic acids is 1. The molecule has 3 nitrogen and oxygen atoms in total. The average molecular weight is 313 g/mol. The fourth-order valence-electron chi connectivity index (χ4n) is 2.04. The first-order chi connectivity index (χ1) is 10.3. The fourth-order valence-corrected chi connectivity index (χ4v) is 2.04. The van der Waals surface area contributed by atoms with Gasteiger partial charge in [0.25, 0.3) is 0 Å². The lowest BCUT2D eigenvalue weighted by atomic mass is 9.97. The van der Waals surface area contributed by atoms with Crippen LogP contribution in [0.4, 0.5) is 17.6 Å². The van der Waals surface area contributed by atoms with Crippen molar-refractivity contribution in [3.63, 3.8) is 0 Å². The van der Waals surface area contributed by atoms with Crippen LogP contribution in [0.3, 0.4) is 0 Å². The molecule has 0 saturated carbocycles. The number of alkyl halides is 3. The molecule has 0 radical (unpaired) electrons. The summed E-state index contributed by atoms with van der Waals surface area (Å²) in [4.78, 5) is 11.1. The molecule has 7 heteroatoms. The normalized spacial score (nSPS) is 11.3. The van der Waals surface area contributed by atoms with E-state index in [1.165, 1.54) is 24.3 Å². The summed E-state index contributed by atoms with van der Waals surface area (Å²) in [5, 5.41) is 0. The predicted molar refractivity (Wildman–Crippen MR) is 71.4 cm³/mol. The lowest BCUT2D eigenvalue weighted by Gasteiger charge is -2.13. The Morgan fingerprint density at radius 3 is 2.36 bits per heavy atom. The topological polar surface area (TPSA) is 52.3 Å². The van der Waals surface area contributed by atoms with Crippen LogP contribution in [0.2, 0.25) is 0 Å². The zero-order chi connectivity index (χ0) is 16.3. The van der Waals surface area contributed by atoms with Gasteiger partial charge in [0.05, 0.1) is 6.42 Å². The van der Waals surface area contributed by atoms with Crippen molar-refractivity contribution >= 4 is 5.91 Å². The van der Waals surface area contributed by atoms with E-state index in [1.807, 2.05) is 0 Å². The number of hydrogen-bond donors (Lipinski definition) is 1. The second-order valence-corrected chi connectivity index (χ2v) is 4.49. The molecule has 2 aromatic carbocycles. The Hall–Kier alpha value is -2.57. The summed E-state index contributed by atoms with van der Waals surface area (Å²) in [7, 11) is 0. The number of nitrogens with two attached hydrogens (primary N) is 1. The van der Waals surface area contributed by atoms with Crippen LogP contribution in [0.1, 0.15) is 5.56 Å². The highest BCUT2D eigenvalue weighted by molar-refractivity contribution is 5.81. The number of primary amides is 1. The van der Waals surface area contributed by atoms with Gasteiger partial charge in [-0.2, -0.15) is 0 Å². The van der Waals surface area contributed by atoms with Gasteiger partial charge in [0.2, 0.25) is 5.91 Å². The third-order valence-electron chi connectivity index (χ3n) is 2.84. The third-order valence-corrected chi connectivity index (χ3v) is 2.84. The number of amides is 1. The molecule has 2 rings (SSSR count). The molecular weight excluding hydrogens is 302 g/mol. The summed E-state index contributed by atoms with van der Waals surface area (Å²) in [6.45, 7) is 0. The summed E-state index contributed by atoms with van der Waals surface area (Å²) in [5.41, 5.74) is 5.69. The Bertz CT molecular complexity index is 698. The fraction of sp³-hybridized carbons (Fsp3) is 0.133. The molecule has 0 aliphatic carbocycles. The van der Waals surface area contributed by atoms with Crippen molar-refractivity contribution < 1.29 is 27.1 Å². The molecule has 116 valence electrons. The quantitative estimate of drug-likeness (QED) is 0.879. The predicted octanol–water partition coefficient (Wildman–Crippen LogP) is 3.42. The molecular formula is C15H11F4NO2. The van der Waals surface area contributed by atoms with Gasteiger partial charge < -0.3 is 10.5 Å². The molecule has 0 aliphatic rings. The van der Waals surface area contributed by atoms with Gasteiger partial charge in [-0.3, -0.25) is 4.79 Å². The van der Waals surface area contributed by atoms with E-state index in [2.05, 4.69) is 4.74 Å². The highest BCUT2D eigenvalue weighted by atomic mass is 19.4. The minimum atomic E-state index is -4.86. The largest absolute Gasteiger partial charge is 0.573 e. The van der Waals surface area contributed by atoms with E-state index in [4.69, 9.17) is 5.73 Å². The van der Waals surface area contributed by atoms with E-state index in [9.17, 15) is 22.4 Å². The summed E-state index contributed by atoms with van der Waals surface area (Å²) >= 11 is 0. The Kier molecular flexibility index (Phi) is 4.35. The van der Waals surface area contributed by atoms with Gasteiger partial charge >= 0.3 is 6.36 Å². The zero-order valence-corrected chi connectivity index (χ0v) is 11.2. The van der Waals surface area contributed by atoms with Crippen molar-refractivity contribution in [2.24, 2.45) is 5.73 Å². The second-order valence-electron chi connectivity index (χ2n) is 4.49. The van der Waals surface area contributed by atoms with E-state index >= 15 is 0 Å². The SMILES string of the molecule is NC(=O)Cc1cc(OC(F)(F)F)ccc1-c1ccccc1F. The van der Waals surface area contributed by atoms with E-state index in [0.717, 1.165) is 12.1 Å². The monoisotopic (exact) mass is 313 g/mol. The Morgan fingerprint density at radius 2 is 1.77 bits per heavy atom. The maximum atomic E-state index is 13.8. The molecule has 0 aromatic heterocycles. The molecule has 0 atom stereocenters. The van der Waals surface area contributed by atoms with Crippen molar-refractivity contribution in [3.05, 3.63) is 53.8 Å². The highest BCUT2D eigenvalue weighted by Gasteiger charge is 2.31. The number of hydrogen-bond acceptors (Lipinski definition) is 2. The lowest BCUT2D eigenvalue weighted by Crippen LogP contribution is -2.18. The Balaban J connectivity index is 2.50. The molecule has 0 spiro atoms. The number of rotatable bonds is 4. The van der Waals surface area contributed by atoms with Crippen molar-refractivity contribution in [2.75, 3.05) is 0 Å². The molecule has 1 amide bonds. The molecule has 0 unspecified atom stereocenters. The van der Waals surface area contributed by atoms with Gasteiger partial charge in [-0.15, -0.1) is 13.2 Å². The van der Waals surface area contributed by atoms with Crippen LogP contribution in [-0.4, -0.2) is 12.3 Å². The first-order valence-electron chi connectivity index (χ1n) is 6.18. The molecule has 0 saturated heterocycles. The smallest absolute Gasteiger partial charge is 0.406 e. The van der Waals surface area contributed by atoms with Crippen molar-refractivity contribution in [3.8, 4) is 16.9 Å². The van der Waals surface area contributed by atoms with E-state index < -0.39 is 23.8 Å². The van der Waals surface area contributed by atoms with Crippen LogP contribution in [0.25, 0.3) is 11.1 Å². The van der Waals surface area contributed by atoms with Crippen molar-refractivity contribution in [1.29, 1.82) is 0 Å².